The second kappa shape index (κ2) is 3.47. The second-order valence-corrected chi connectivity index (χ2v) is 6.48. The van der Waals surface area contributed by atoms with Gasteiger partial charge < -0.3 is 4.74 Å². The Morgan fingerprint density at radius 2 is 2.13 bits per heavy atom. The van der Waals surface area contributed by atoms with Crippen LogP contribution in [-0.2, 0) is 9.53 Å². The molecule has 0 aliphatic heterocycles. The van der Waals surface area contributed by atoms with Gasteiger partial charge in [-0.2, -0.15) is 0 Å². The highest BCUT2D eigenvalue weighted by Crippen LogP contribution is 2.63. The fraction of sp³-hybridized carbons (Fsp3) is 0.917. The fourth-order valence-corrected chi connectivity index (χ4v) is 3.85. The van der Waals surface area contributed by atoms with Crippen molar-refractivity contribution in [2.75, 3.05) is 5.33 Å². The third-order valence-corrected chi connectivity index (χ3v) is 4.95. The summed E-state index contributed by atoms with van der Waals surface area (Å²) in [5, 5.41) is 0.306. The first-order valence-electron chi connectivity index (χ1n) is 5.65. The minimum absolute atomic E-state index is 0.105. The van der Waals surface area contributed by atoms with Crippen molar-refractivity contribution in [1.29, 1.82) is 0 Å². The Labute approximate surface area is 99.9 Å². The van der Waals surface area contributed by atoms with Gasteiger partial charge in [-0.25, -0.2) is 0 Å². The molecule has 2 aliphatic carbocycles. The number of ether oxygens (including phenoxy) is 1. The largest absolute Gasteiger partial charge is 0.461 e. The van der Waals surface area contributed by atoms with Crippen LogP contribution in [0.5, 0.6) is 0 Å². The van der Waals surface area contributed by atoms with Crippen molar-refractivity contribution in [3.63, 3.8) is 0 Å². The van der Waals surface area contributed by atoms with Crippen LogP contribution >= 0.6 is 15.9 Å². The summed E-state index contributed by atoms with van der Waals surface area (Å²) in [4.78, 5) is 11.4. The molecule has 2 bridgehead atoms. The third kappa shape index (κ3) is 1.63. The van der Waals surface area contributed by atoms with E-state index < -0.39 is 0 Å². The van der Waals surface area contributed by atoms with Gasteiger partial charge in [0, 0.05) is 10.8 Å². The van der Waals surface area contributed by atoms with Crippen LogP contribution in [0.3, 0.4) is 0 Å². The molecular formula is C12H19BrO2. The lowest BCUT2D eigenvalue weighted by molar-refractivity contribution is -0.161. The van der Waals surface area contributed by atoms with Crippen LogP contribution < -0.4 is 0 Å². The van der Waals surface area contributed by atoms with Crippen molar-refractivity contribution in [3.8, 4) is 0 Å². The summed E-state index contributed by atoms with van der Waals surface area (Å²) in [7, 11) is 0. The lowest BCUT2D eigenvalue weighted by Crippen LogP contribution is -2.43. The van der Waals surface area contributed by atoms with E-state index in [0.29, 0.717) is 5.33 Å². The predicted molar refractivity (Wildman–Crippen MR) is 62.9 cm³/mol. The average molecular weight is 275 g/mol. The minimum Gasteiger partial charge on any atom is -0.461 e. The molecule has 0 aromatic rings. The zero-order valence-corrected chi connectivity index (χ0v) is 11.3. The van der Waals surface area contributed by atoms with Gasteiger partial charge in [-0.3, -0.25) is 4.79 Å². The molecule has 0 radical (unpaired) electrons. The number of hydrogen-bond acceptors (Lipinski definition) is 2. The molecule has 3 heteroatoms. The van der Waals surface area contributed by atoms with Gasteiger partial charge in [0.15, 0.2) is 0 Å². The van der Waals surface area contributed by atoms with Crippen LogP contribution in [0.1, 0.15) is 40.0 Å². The Kier molecular flexibility index (Phi) is 2.65. The van der Waals surface area contributed by atoms with Gasteiger partial charge in [-0.05, 0) is 25.2 Å². The van der Waals surface area contributed by atoms with Crippen molar-refractivity contribution in [2.45, 2.75) is 46.1 Å². The highest BCUT2D eigenvalue weighted by molar-refractivity contribution is 9.09. The highest BCUT2D eigenvalue weighted by Gasteiger charge is 2.61. The first-order valence-corrected chi connectivity index (χ1v) is 6.78. The molecule has 3 atom stereocenters. The van der Waals surface area contributed by atoms with Crippen LogP contribution in [0.2, 0.25) is 0 Å². The molecule has 2 saturated carbocycles. The Bertz CT molecular complexity index is 283. The Morgan fingerprint density at radius 3 is 2.60 bits per heavy atom. The summed E-state index contributed by atoms with van der Waals surface area (Å²) < 4.78 is 5.63. The quantitative estimate of drug-likeness (QED) is 0.571. The van der Waals surface area contributed by atoms with E-state index in [0.717, 1.165) is 5.92 Å². The smallest absolute Gasteiger partial charge is 0.316 e. The van der Waals surface area contributed by atoms with E-state index >= 15 is 0 Å². The number of fused-ring (bicyclic) bond motifs is 2. The van der Waals surface area contributed by atoms with Gasteiger partial charge in [0.2, 0.25) is 0 Å². The third-order valence-electron chi connectivity index (χ3n) is 4.50. The van der Waals surface area contributed by atoms with Crippen LogP contribution in [0, 0.1) is 16.7 Å². The number of alkyl halides is 1. The van der Waals surface area contributed by atoms with Crippen molar-refractivity contribution in [3.05, 3.63) is 0 Å². The maximum Gasteiger partial charge on any atom is 0.316 e. The van der Waals surface area contributed by atoms with E-state index in [-0.39, 0.29) is 22.9 Å². The fourth-order valence-electron chi connectivity index (χ4n) is 3.71. The lowest BCUT2D eigenvalue weighted by atomic mass is 9.70. The molecular weight excluding hydrogens is 256 g/mol. The van der Waals surface area contributed by atoms with E-state index in [4.69, 9.17) is 4.74 Å². The Hall–Kier alpha value is -0.0500. The summed E-state index contributed by atoms with van der Waals surface area (Å²) in [5.41, 5.74) is 0.386. The number of carbonyl (C=O) groups excluding carboxylic acids is 1. The van der Waals surface area contributed by atoms with Gasteiger partial charge in [0.1, 0.15) is 11.4 Å². The topological polar surface area (TPSA) is 26.3 Å². The Balaban J connectivity index is 2.19. The van der Waals surface area contributed by atoms with Gasteiger partial charge in [-0.15, -0.1) is 0 Å². The summed E-state index contributed by atoms with van der Waals surface area (Å²) >= 11 is 3.16. The first-order chi connectivity index (χ1) is 6.90. The summed E-state index contributed by atoms with van der Waals surface area (Å²) in [6.07, 6.45) is 3.83. The molecule has 0 unspecified atom stereocenters. The van der Waals surface area contributed by atoms with Crippen LogP contribution in [-0.4, -0.2) is 17.4 Å². The van der Waals surface area contributed by atoms with E-state index in [1.807, 2.05) is 0 Å². The van der Waals surface area contributed by atoms with Crippen molar-refractivity contribution in [2.24, 2.45) is 16.7 Å². The molecule has 2 aliphatic rings. The molecule has 0 N–H and O–H groups in total. The molecule has 2 nitrogen and oxygen atoms in total. The van der Waals surface area contributed by atoms with Crippen molar-refractivity contribution >= 4 is 21.9 Å². The molecule has 0 heterocycles. The predicted octanol–water partition coefficient (Wildman–Crippen LogP) is 3.14. The van der Waals surface area contributed by atoms with Gasteiger partial charge in [0.05, 0.1) is 0 Å². The SMILES string of the molecule is CC1(C)[C@@H]2CC[C@](C)(C2)[C@@H]1OC(=O)CBr. The van der Waals surface area contributed by atoms with E-state index in [9.17, 15) is 4.79 Å². The molecule has 2 rings (SSSR count). The van der Waals surface area contributed by atoms with E-state index in [1.165, 1.54) is 19.3 Å². The molecule has 0 aromatic heterocycles. The van der Waals surface area contributed by atoms with Crippen molar-refractivity contribution < 1.29 is 9.53 Å². The molecule has 0 amide bonds. The maximum absolute atomic E-state index is 11.4. The van der Waals surface area contributed by atoms with Crippen LogP contribution in [0.4, 0.5) is 0 Å². The highest BCUT2D eigenvalue weighted by atomic mass is 79.9. The number of halogens is 1. The summed E-state index contributed by atoms with van der Waals surface area (Å²) in [6, 6.07) is 0. The van der Waals surface area contributed by atoms with E-state index in [1.54, 1.807) is 0 Å². The zero-order valence-electron chi connectivity index (χ0n) is 9.68. The van der Waals surface area contributed by atoms with E-state index in [2.05, 4.69) is 36.7 Å². The molecule has 86 valence electrons. The normalized spacial score (nSPS) is 41.9. The molecule has 0 spiro atoms. The number of carbonyl (C=O) groups is 1. The number of rotatable bonds is 2. The molecule has 0 saturated heterocycles. The number of hydrogen-bond donors (Lipinski definition) is 0. The van der Waals surface area contributed by atoms with Crippen molar-refractivity contribution in [1.82, 2.24) is 0 Å². The lowest BCUT2D eigenvalue weighted by Gasteiger charge is -2.41. The summed E-state index contributed by atoms with van der Waals surface area (Å²) in [5.74, 6) is 0.609. The average Bonchev–Trinajstić information content (AvgIpc) is 2.63. The first kappa shape index (κ1) is 11.4. The monoisotopic (exact) mass is 274 g/mol. The van der Waals surface area contributed by atoms with Gasteiger partial charge in [0.25, 0.3) is 0 Å². The molecule has 2 fully saturated rings. The maximum atomic E-state index is 11.4. The zero-order chi connectivity index (χ0) is 11.3. The molecule has 15 heavy (non-hydrogen) atoms. The second-order valence-electron chi connectivity index (χ2n) is 5.92. The van der Waals surface area contributed by atoms with Crippen LogP contribution in [0.25, 0.3) is 0 Å². The van der Waals surface area contributed by atoms with Crippen LogP contribution in [0.15, 0.2) is 0 Å². The minimum atomic E-state index is -0.123. The number of esters is 1. The summed E-state index contributed by atoms with van der Waals surface area (Å²) in [6.45, 7) is 6.76. The standard InChI is InChI=1S/C12H19BrO2/c1-11(2)8-4-5-12(3,6-8)10(11)15-9(14)7-13/h8,10H,4-7H2,1-3H3/t8-,10-,12-/m1/s1. The Morgan fingerprint density at radius 1 is 1.47 bits per heavy atom. The molecule has 0 aromatic carbocycles. The van der Waals surface area contributed by atoms with Gasteiger partial charge in [-0.1, -0.05) is 36.7 Å². The van der Waals surface area contributed by atoms with Gasteiger partial charge >= 0.3 is 5.97 Å².